The number of hydrogen-bond donors (Lipinski definition) is 0. The van der Waals surface area contributed by atoms with Gasteiger partial charge in [-0.2, -0.15) is 0 Å². The van der Waals surface area contributed by atoms with Crippen LogP contribution < -0.4 is 9.64 Å². The first-order valence-corrected chi connectivity index (χ1v) is 8.74. The summed E-state index contributed by atoms with van der Waals surface area (Å²) < 4.78 is 10.4. The topological polar surface area (TPSA) is 67.8 Å². The van der Waals surface area contributed by atoms with Crippen LogP contribution in [0.2, 0.25) is 0 Å². The number of aromatic nitrogens is 2. The van der Waals surface area contributed by atoms with Gasteiger partial charge in [-0.1, -0.05) is 18.2 Å². The highest BCUT2D eigenvalue weighted by Gasteiger charge is 2.23. The molecule has 1 fully saturated rings. The van der Waals surface area contributed by atoms with E-state index in [0.717, 1.165) is 30.0 Å². The molecule has 7 heteroatoms. The van der Waals surface area contributed by atoms with Gasteiger partial charge in [-0.15, -0.1) is 10.2 Å². The standard InChI is InChI=1S/C19H24N4O3/c1-15-5-3-4-6-16(15)19(24)23-11-9-22(10-12-23)17-7-8-18(21-20-17)26-14-13-25-2/h3-8H,9-14H2,1-2H3. The number of nitrogens with zero attached hydrogens (tertiary/aromatic N) is 4. The molecule has 1 saturated heterocycles. The molecule has 0 unspecified atom stereocenters. The molecule has 1 aromatic carbocycles. The van der Waals surface area contributed by atoms with Crippen molar-refractivity contribution in [1.82, 2.24) is 15.1 Å². The van der Waals surface area contributed by atoms with Gasteiger partial charge >= 0.3 is 0 Å². The maximum atomic E-state index is 12.7. The Kier molecular flexibility index (Phi) is 6.01. The molecule has 0 atom stereocenters. The van der Waals surface area contributed by atoms with E-state index in [1.165, 1.54) is 0 Å². The first kappa shape index (κ1) is 18.1. The van der Waals surface area contributed by atoms with Gasteiger partial charge in [-0.25, -0.2) is 0 Å². The molecule has 0 N–H and O–H groups in total. The van der Waals surface area contributed by atoms with Crippen LogP contribution in [-0.4, -0.2) is 67.5 Å². The number of anilines is 1. The largest absolute Gasteiger partial charge is 0.474 e. The lowest BCUT2D eigenvalue weighted by Crippen LogP contribution is -2.49. The molecule has 0 saturated carbocycles. The monoisotopic (exact) mass is 356 g/mol. The Morgan fingerprint density at radius 3 is 2.46 bits per heavy atom. The Morgan fingerprint density at radius 2 is 1.81 bits per heavy atom. The van der Waals surface area contributed by atoms with E-state index in [-0.39, 0.29) is 5.91 Å². The smallest absolute Gasteiger partial charge is 0.254 e. The quantitative estimate of drug-likeness (QED) is 0.735. The van der Waals surface area contributed by atoms with Crippen molar-refractivity contribution in [2.45, 2.75) is 6.92 Å². The van der Waals surface area contributed by atoms with Gasteiger partial charge in [0, 0.05) is 44.9 Å². The van der Waals surface area contributed by atoms with Crippen LogP contribution in [0.25, 0.3) is 0 Å². The van der Waals surface area contributed by atoms with Gasteiger partial charge in [-0.05, 0) is 24.6 Å². The molecule has 1 aliphatic rings. The van der Waals surface area contributed by atoms with E-state index in [1.54, 1.807) is 7.11 Å². The van der Waals surface area contributed by atoms with Gasteiger partial charge in [0.05, 0.1) is 6.61 Å². The summed E-state index contributed by atoms with van der Waals surface area (Å²) in [6.07, 6.45) is 0. The molecule has 26 heavy (non-hydrogen) atoms. The molecule has 0 bridgehead atoms. The zero-order valence-corrected chi connectivity index (χ0v) is 15.2. The van der Waals surface area contributed by atoms with E-state index in [9.17, 15) is 4.79 Å². The molecule has 1 amide bonds. The number of rotatable bonds is 6. The van der Waals surface area contributed by atoms with E-state index < -0.39 is 0 Å². The Balaban J connectivity index is 1.55. The fraction of sp³-hybridized carbons (Fsp3) is 0.421. The Morgan fingerprint density at radius 1 is 1.04 bits per heavy atom. The SMILES string of the molecule is COCCOc1ccc(N2CCN(C(=O)c3ccccc3C)CC2)nn1. The van der Waals surface area contributed by atoms with E-state index in [0.29, 0.717) is 32.2 Å². The van der Waals surface area contributed by atoms with E-state index >= 15 is 0 Å². The number of carbonyl (C=O) groups excluding carboxylic acids is 1. The average molecular weight is 356 g/mol. The van der Waals surface area contributed by atoms with Gasteiger partial charge in [0.15, 0.2) is 5.82 Å². The second kappa shape index (κ2) is 8.62. The molecule has 138 valence electrons. The lowest BCUT2D eigenvalue weighted by atomic mass is 10.1. The molecule has 1 aromatic heterocycles. The molecular formula is C19H24N4O3. The number of methoxy groups -OCH3 is 1. The normalized spacial score (nSPS) is 14.4. The molecule has 2 aromatic rings. The number of hydrogen-bond acceptors (Lipinski definition) is 6. The summed E-state index contributed by atoms with van der Waals surface area (Å²) in [5, 5.41) is 8.32. The summed E-state index contributed by atoms with van der Waals surface area (Å²) >= 11 is 0. The predicted octanol–water partition coefficient (Wildman–Crippen LogP) is 1.77. The Bertz CT molecular complexity index is 728. The summed E-state index contributed by atoms with van der Waals surface area (Å²) in [6.45, 7) is 5.73. The first-order chi connectivity index (χ1) is 12.7. The van der Waals surface area contributed by atoms with Crippen molar-refractivity contribution in [2.24, 2.45) is 0 Å². The van der Waals surface area contributed by atoms with Crippen LogP contribution in [0.15, 0.2) is 36.4 Å². The fourth-order valence-corrected chi connectivity index (χ4v) is 2.91. The molecule has 0 radical (unpaired) electrons. The van der Waals surface area contributed by atoms with Crippen LogP contribution in [0.4, 0.5) is 5.82 Å². The highest BCUT2D eigenvalue weighted by molar-refractivity contribution is 5.95. The Labute approximate surface area is 153 Å². The van der Waals surface area contributed by atoms with Crippen LogP contribution in [0, 0.1) is 6.92 Å². The van der Waals surface area contributed by atoms with E-state index in [1.807, 2.05) is 48.2 Å². The van der Waals surface area contributed by atoms with Crippen molar-refractivity contribution in [3.63, 3.8) is 0 Å². The number of aryl methyl sites for hydroxylation is 1. The van der Waals surface area contributed by atoms with Crippen molar-refractivity contribution in [3.8, 4) is 5.88 Å². The molecule has 0 aliphatic carbocycles. The third-order valence-electron chi connectivity index (χ3n) is 4.43. The zero-order valence-electron chi connectivity index (χ0n) is 15.2. The summed E-state index contributed by atoms with van der Waals surface area (Å²) in [5.41, 5.74) is 1.79. The summed E-state index contributed by atoms with van der Waals surface area (Å²) in [5.74, 6) is 1.38. The number of amides is 1. The molecule has 7 nitrogen and oxygen atoms in total. The van der Waals surface area contributed by atoms with Gasteiger partial charge < -0.3 is 19.3 Å². The minimum atomic E-state index is 0.0933. The maximum Gasteiger partial charge on any atom is 0.254 e. The predicted molar refractivity (Wildman–Crippen MR) is 98.7 cm³/mol. The lowest BCUT2D eigenvalue weighted by molar-refractivity contribution is 0.0745. The van der Waals surface area contributed by atoms with Gasteiger partial charge in [0.25, 0.3) is 5.91 Å². The second-order valence-corrected chi connectivity index (χ2v) is 6.17. The minimum absolute atomic E-state index is 0.0933. The van der Waals surface area contributed by atoms with Crippen molar-refractivity contribution in [3.05, 3.63) is 47.5 Å². The number of piperazine rings is 1. The third-order valence-corrected chi connectivity index (χ3v) is 4.43. The molecule has 3 rings (SSSR count). The second-order valence-electron chi connectivity index (χ2n) is 6.17. The van der Waals surface area contributed by atoms with E-state index in [4.69, 9.17) is 9.47 Å². The fourth-order valence-electron chi connectivity index (χ4n) is 2.91. The molecule has 0 spiro atoms. The number of benzene rings is 1. The zero-order chi connectivity index (χ0) is 18.4. The average Bonchev–Trinajstić information content (AvgIpc) is 2.69. The van der Waals surface area contributed by atoms with Crippen molar-refractivity contribution < 1.29 is 14.3 Å². The summed E-state index contributed by atoms with van der Waals surface area (Å²) in [7, 11) is 1.63. The van der Waals surface area contributed by atoms with Crippen molar-refractivity contribution >= 4 is 11.7 Å². The molecule has 2 heterocycles. The van der Waals surface area contributed by atoms with Crippen LogP contribution in [0.1, 0.15) is 15.9 Å². The van der Waals surface area contributed by atoms with Crippen LogP contribution in [0.3, 0.4) is 0 Å². The molecular weight excluding hydrogens is 332 g/mol. The van der Waals surface area contributed by atoms with Gasteiger partial charge in [-0.3, -0.25) is 4.79 Å². The number of carbonyl (C=O) groups is 1. The first-order valence-electron chi connectivity index (χ1n) is 8.74. The third kappa shape index (κ3) is 4.29. The highest BCUT2D eigenvalue weighted by Crippen LogP contribution is 2.17. The Hall–Kier alpha value is -2.67. The van der Waals surface area contributed by atoms with Crippen LogP contribution in [0.5, 0.6) is 5.88 Å². The summed E-state index contributed by atoms with van der Waals surface area (Å²) in [6, 6.07) is 11.4. The van der Waals surface area contributed by atoms with Crippen molar-refractivity contribution in [1.29, 1.82) is 0 Å². The van der Waals surface area contributed by atoms with Crippen LogP contribution in [-0.2, 0) is 4.74 Å². The lowest BCUT2D eigenvalue weighted by Gasteiger charge is -2.35. The van der Waals surface area contributed by atoms with E-state index in [2.05, 4.69) is 15.1 Å². The highest BCUT2D eigenvalue weighted by atomic mass is 16.5. The van der Waals surface area contributed by atoms with Gasteiger partial charge in [0.1, 0.15) is 6.61 Å². The maximum absolute atomic E-state index is 12.7. The van der Waals surface area contributed by atoms with Crippen molar-refractivity contribution in [2.75, 3.05) is 51.4 Å². The van der Waals surface area contributed by atoms with Gasteiger partial charge in [0.2, 0.25) is 5.88 Å². The van der Waals surface area contributed by atoms with Crippen LogP contribution >= 0.6 is 0 Å². The minimum Gasteiger partial charge on any atom is -0.474 e. The number of ether oxygens (including phenoxy) is 2. The summed E-state index contributed by atoms with van der Waals surface area (Å²) in [4.78, 5) is 16.7. The molecule has 1 aliphatic heterocycles.